The zero-order valence-corrected chi connectivity index (χ0v) is 33.0. The molecule has 0 bridgehead atoms. The highest BCUT2D eigenvalue weighted by molar-refractivity contribution is 5.96. The van der Waals surface area contributed by atoms with Gasteiger partial charge in [-0.1, -0.05) is 116 Å². The first-order valence-electron chi connectivity index (χ1n) is 19.9. The number of esters is 1. The number of likely N-dealkylation sites (N-methyl/N-ethyl adjacent to an activating group) is 2. The van der Waals surface area contributed by atoms with E-state index in [1.54, 1.807) is 23.8 Å². The second-order valence-electron chi connectivity index (χ2n) is 15.7. The minimum atomic E-state index is -0.681. The number of benzene rings is 1. The number of piperidine rings is 1. The molecule has 2 aliphatic rings. The predicted octanol–water partition coefficient (Wildman–Crippen LogP) is 7.46. The molecule has 0 radical (unpaired) electrons. The fourth-order valence-electron chi connectivity index (χ4n) is 7.56. The van der Waals surface area contributed by atoms with Crippen molar-refractivity contribution in [2.45, 2.75) is 155 Å². The van der Waals surface area contributed by atoms with Gasteiger partial charge in [0.25, 0.3) is 0 Å². The van der Waals surface area contributed by atoms with Crippen molar-refractivity contribution in [2.75, 3.05) is 27.2 Å². The van der Waals surface area contributed by atoms with E-state index in [1.807, 2.05) is 71.2 Å². The van der Waals surface area contributed by atoms with E-state index in [2.05, 4.69) is 17.1 Å². The first-order valence-corrected chi connectivity index (χ1v) is 19.9. The molecule has 0 aromatic heterocycles. The van der Waals surface area contributed by atoms with Gasteiger partial charge in [0.1, 0.15) is 18.2 Å². The van der Waals surface area contributed by atoms with Crippen molar-refractivity contribution in [3.8, 4) is 0 Å². The van der Waals surface area contributed by atoms with E-state index in [9.17, 15) is 19.2 Å². The van der Waals surface area contributed by atoms with E-state index in [1.165, 1.54) is 32.1 Å². The number of ether oxygens (including phenoxy) is 1. The molecule has 286 valence electrons. The number of amides is 3. The summed E-state index contributed by atoms with van der Waals surface area (Å²) in [4.78, 5) is 60.3. The van der Waals surface area contributed by atoms with E-state index < -0.39 is 12.1 Å². The number of unbranched alkanes of at least 4 members (excludes halogenated alkanes) is 6. The molecule has 1 N–H and O–H groups in total. The maximum atomic E-state index is 14.0. The Bertz CT molecular complexity index is 1280. The zero-order valence-electron chi connectivity index (χ0n) is 33.0. The molecule has 0 aliphatic carbocycles. The molecule has 9 heteroatoms. The molecule has 1 aromatic rings. The Morgan fingerprint density at radius 3 is 2.16 bits per heavy atom. The number of hydrogen-bond donors (Lipinski definition) is 1. The molecular weight excluding hydrogens is 640 g/mol. The van der Waals surface area contributed by atoms with Gasteiger partial charge in [0, 0.05) is 19.2 Å². The quantitative estimate of drug-likeness (QED) is 0.0911. The maximum absolute atomic E-state index is 14.0. The highest BCUT2D eigenvalue weighted by atomic mass is 16.5. The van der Waals surface area contributed by atoms with Gasteiger partial charge in [0.2, 0.25) is 17.7 Å². The zero-order chi connectivity index (χ0) is 37.5. The molecule has 2 aliphatic heterocycles. The largest absolute Gasteiger partial charge is 0.456 e. The highest BCUT2D eigenvalue weighted by Crippen LogP contribution is 2.29. The second-order valence-corrected chi connectivity index (χ2v) is 15.7. The Morgan fingerprint density at radius 2 is 1.53 bits per heavy atom. The lowest BCUT2D eigenvalue weighted by Gasteiger charge is -2.36. The first-order chi connectivity index (χ1) is 24.4. The van der Waals surface area contributed by atoms with Crippen LogP contribution in [0, 0.1) is 11.8 Å². The Labute approximate surface area is 308 Å². The van der Waals surface area contributed by atoms with Gasteiger partial charge in [0.15, 0.2) is 0 Å². The van der Waals surface area contributed by atoms with E-state index in [0.29, 0.717) is 18.5 Å². The van der Waals surface area contributed by atoms with Crippen molar-refractivity contribution in [1.29, 1.82) is 0 Å². The SMILES string of the molecule is CCCCCCCCCC(OC(=O)[C@@H]1CCCN1C(=O)/C(C)=C/[C@H](C(C)C)N(C)C(=O)[C@@H](NC(=O)[C@H]1CCCCN1C)C(C)C)c1ccccc1. The van der Waals surface area contributed by atoms with Gasteiger partial charge in [-0.3, -0.25) is 19.3 Å². The molecule has 3 amide bonds. The van der Waals surface area contributed by atoms with Gasteiger partial charge in [-0.05, 0) is 76.4 Å². The molecule has 1 aromatic carbocycles. The van der Waals surface area contributed by atoms with E-state index in [-0.39, 0.29) is 53.7 Å². The van der Waals surface area contributed by atoms with Crippen LogP contribution in [0.25, 0.3) is 0 Å². The van der Waals surface area contributed by atoms with Crippen LogP contribution in [0.5, 0.6) is 0 Å². The minimum Gasteiger partial charge on any atom is -0.456 e. The fourth-order valence-corrected chi connectivity index (χ4v) is 7.56. The Balaban J connectivity index is 1.69. The van der Waals surface area contributed by atoms with E-state index in [4.69, 9.17) is 4.74 Å². The summed E-state index contributed by atoms with van der Waals surface area (Å²) in [7, 11) is 3.71. The van der Waals surface area contributed by atoms with Crippen LogP contribution in [0.15, 0.2) is 42.0 Å². The lowest BCUT2D eigenvalue weighted by atomic mass is 9.96. The third-order valence-electron chi connectivity index (χ3n) is 10.8. The molecular formula is C42H68N4O5. The van der Waals surface area contributed by atoms with E-state index in [0.717, 1.165) is 57.1 Å². The van der Waals surface area contributed by atoms with Gasteiger partial charge >= 0.3 is 5.97 Å². The number of nitrogens with zero attached hydrogens (tertiary/aromatic N) is 3. The summed E-state index contributed by atoms with van der Waals surface area (Å²) in [6.45, 7) is 13.3. The number of nitrogens with one attached hydrogen (secondary N) is 1. The molecule has 0 saturated carbocycles. The van der Waals surface area contributed by atoms with Crippen molar-refractivity contribution < 1.29 is 23.9 Å². The van der Waals surface area contributed by atoms with Gasteiger partial charge in [-0.25, -0.2) is 4.79 Å². The van der Waals surface area contributed by atoms with Crippen molar-refractivity contribution in [2.24, 2.45) is 11.8 Å². The van der Waals surface area contributed by atoms with Gasteiger partial charge in [0.05, 0.1) is 12.1 Å². The van der Waals surface area contributed by atoms with Crippen LogP contribution in [0.4, 0.5) is 0 Å². The third-order valence-corrected chi connectivity index (χ3v) is 10.8. The number of carbonyl (C=O) groups is 4. The monoisotopic (exact) mass is 709 g/mol. The Kier molecular flexibility index (Phi) is 17.7. The molecule has 2 saturated heterocycles. The predicted molar refractivity (Wildman–Crippen MR) is 205 cm³/mol. The molecule has 51 heavy (non-hydrogen) atoms. The van der Waals surface area contributed by atoms with Crippen molar-refractivity contribution >= 4 is 23.7 Å². The van der Waals surface area contributed by atoms with Gasteiger partial charge in [-0.2, -0.15) is 0 Å². The van der Waals surface area contributed by atoms with Crippen molar-refractivity contribution in [1.82, 2.24) is 20.0 Å². The molecule has 2 heterocycles. The van der Waals surface area contributed by atoms with Gasteiger partial charge in [-0.15, -0.1) is 0 Å². The molecule has 2 fully saturated rings. The Morgan fingerprint density at radius 1 is 0.882 bits per heavy atom. The van der Waals surface area contributed by atoms with Crippen LogP contribution in [0.2, 0.25) is 0 Å². The summed E-state index contributed by atoms with van der Waals surface area (Å²) in [5.41, 5.74) is 1.47. The summed E-state index contributed by atoms with van der Waals surface area (Å²) in [5, 5.41) is 3.06. The van der Waals surface area contributed by atoms with Crippen LogP contribution in [0.1, 0.15) is 137 Å². The number of rotatable bonds is 19. The summed E-state index contributed by atoms with van der Waals surface area (Å²) < 4.78 is 6.20. The topological polar surface area (TPSA) is 99.3 Å². The molecule has 1 unspecified atom stereocenters. The second kappa shape index (κ2) is 21.4. The van der Waals surface area contributed by atoms with E-state index >= 15 is 0 Å². The number of hydrogen-bond acceptors (Lipinski definition) is 6. The average molecular weight is 709 g/mol. The standard InChI is InChI=1S/C42H68N4O5/c1-9-10-11-12-13-14-18-26-37(33-22-16-15-17-23-33)51-42(50)35-25-21-28-46(35)40(48)32(6)29-36(30(2)3)45(8)41(49)38(31(4)5)43-39(47)34-24-19-20-27-44(34)7/h15-17,22-23,29-31,34-38H,9-14,18-21,24-28H2,1-8H3,(H,43,47)/b32-29+/t34-,35+,36-,37?,38+/m1/s1. The van der Waals surface area contributed by atoms with Crippen LogP contribution in [0.3, 0.4) is 0 Å². The normalized spacial score (nSPS) is 20.3. The van der Waals surface area contributed by atoms with Crippen molar-refractivity contribution in [3.05, 3.63) is 47.5 Å². The van der Waals surface area contributed by atoms with Crippen molar-refractivity contribution in [3.63, 3.8) is 0 Å². The van der Waals surface area contributed by atoms with Crippen LogP contribution in [-0.2, 0) is 23.9 Å². The summed E-state index contributed by atoms with van der Waals surface area (Å²) in [6, 6.07) is 8.00. The smallest absolute Gasteiger partial charge is 0.329 e. The van der Waals surface area contributed by atoms with Crippen LogP contribution < -0.4 is 5.32 Å². The molecule has 3 rings (SSSR count). The number of carbonyl (C=O) groups excluding carboxylic acids is 4. The average Bonchev–Trinajstić information content (AvgIpc) is 3.61. The fraction of sp³-hybridized carbons (Fsp3) is 0.714. The maximum Gasteiger partial charge on any atom is 0.329 e. The first kappa shape index (κ1) is 42.2. The molecule has 5 atom stereocenters. The summed E-state index contributed by atoms with van der Waals surface area (Å²) >= 11 is 0. The summed E-state index contributed by atoms with van der Waals surface area (Å²) in [5.74, 6) is -0.950. The summed E-state index contributed by atoms with van der Waals surface area (Å²) in [6.07, 6.45) is 14.7. The minimum absolute atomic E-state index is 0.00677. The number of likely N-dealkylation sites (tertiary alicyclic amines) is 2. The molecule has 9 nitrogen and oxygen atoms in total. The van der Waals surface area contributed by atoms with Gasteiger partial charge < -0.3 is 19.9 Å². The van der Waals surface area contributed by atoms with Crippen LogP contribution in [-0.4, -0.2) is 89.7 Å². The highest BCUT2D eigenvalue weighted by Gasteiger charge is 2.38. The lowest BCUT2D eigenvalue weighted by Crippen LogP contribution is -2.57. The third kappa shape index (κ3) is 12.5. The Hall–Kier alpha value is -3.20. The lowest BCUT2D eigenvalue weighted by molar-refractivity contribution is -0.158. The van der Waals surface area contributed by atoms with Crippen LogP contribution >= 0.6 is 0 Å². The molecule has 0 spiro atoms.